The van der Waals surface area contributed by atoms with Gasteiger partial charge in [-0.1, -0.05) is 12.1 Å². The molecule has 0 aliphatic heterocycles. The zero-order chi connectivity index (χ0) is 19.0. The number of methoxy groups -OCH3 is 2. The molecule has 0 heterocycles. The number of fused-ring (bicyclic) bond motifs is 2. The topological polar surface area (TPSA) is 89.9 Å². The molecule has 26 heavy (non-hydrogen) atoms. The monoisotopic (exact) mass is 354 g/mol. The van der Waals surface area contributed by atoms with Gasteiger partial charge in [0.25, 0.3) is 0 Å². The minimum atomic E-state index is -0.507. The Morgan fingerprint density at radius 1 is 1.00 bits per heavy atom. The van der Waals surface area contributed by atoms with E-state index in [-0.39, 0.29) is 58.1 Å². The third-order valence-electron chi connectivity index (χ3n) is 4.48. The Morgan fingerprint density at radius 3 is 2.31 bits per heavy atom. The Bertz CT molecular complexity index is 942. The van der Waals surface area contributed by atoms with Crippen molar-refractivity contribution in [3.63, 3.8) is 0 Å². The Hall–Kier alpha value is -3.15. The van der Waals surface area contributed by atoms with Gasteiger partial charge < -0.3 is 19.4 Å². The molecular formula is C20H18O6. The summed E-state index contributed by atoms with van der Waals surface area (Å²) in [4.78, 5) is 37.4. The average molecular weight is 354 g/mol. The van der Waals surface area contributed by atoms with Crippen molar-refractivity contribution in [3.05, 3.63) is 52.1 Å². The molecule has 0 saturated carbocycles. The molecule has 1 aliphatic carbocycles. The first-order chi connectivity index (χ1) is 12.4. The predicted octanol–water partition coefficient (Wildman–Crippen LogP) is 2.71. The smallest absolute Gasteiger partial charge is 0.202 e. The third-order valence-corrected chi connectivity index (χ3v) is 4.48. The van der Waals surface area contributed by atoms with Crippen LogP contribution in [0.3, 0.4) is 0 Å². The molecule has 0 saturated heterocycles. The van der Waals surface area contributed by atoms with E-state index in [1.54, 1.807) is 18.2 Å². The summed E-state index contributed by atoms with van der Waals surface area (Å²) >= 11 is 0. The normalized spacial score (nSPS) is 12.4. The van der Waals surface area contributed by atoms with E-state index in [1.165, 1.54) is 27.2 Å². The molecule has 134 valence electrons. The maximum Gasteiger partial charge on any atom is 0.202 e. The van der Waals surface area contributed by atoms with E-state index in [0.717, 1.165) is 0 Å². The number of rotatable bonds is 5. The molecule has 6 heteroatoms. The Balaban J connectivity index is 2.27. The van der Waals surface area contributed by atoms with Gasteiger partial charge in [-0.2, -0.15) is 0 Å². The molecule has 0 bridgehead atoms. The van der Waals surface area contributed by atoms with Gasteiger partial charge in [0.05, 0.1) is 30.9 Å². The van der Waals surface area contributed by atoms with Crippen molar-refractivity contribution in [1.29, 1.82) is 0 Å². The van der Waals surface area contributed by atoms with Gasteiger partial charge in [0, 0.05) is 12.0 Å². The van der Waals surface area contributed by atoms with E-state index in [9.17, 15) is 19.5 Å². The van der Waals surface area contributed by atoms with Crippen LogP contribution in [0.5, 0.6) is 17.2 Å². The maximum atomic E-state index is 13.1. The van der Waals surface area contributed by atoms with E-state index in [1.807, 2.05) is 0 Å². The van der Waals surface area contributed by atoms with Crippen LogP contribution in [0, 0.1) is 0 Å². The summed E-state index contributed by atoms with van der Waals surface area (Å²) < 4.78 is 10.5. The molecule has 6 nitrogen and oxygen atoms in total. The lowest BCUT2D eigenvalue weighted by molar-refractivity contribution is -0.116. The van der Waals surface area contributed by atoms with Crippen molar-refractivity contribution in [2.75, 3.05) is 14.2 Å². The van der Waals surface area contributed by atoms with E-state index >= 15 is 0 Å². The van der Waals surface area contributed by atoms with Crippen molar-refractivity contribution in [2.24, 2.45) is 0 Å². The number of aromatic hydroxyl groups is 1. The fourth-order valence-corrected chi connectivity index (χ4v) is 3.19. The number of carbonyl (C=O) groups excluding carboxylic acids is 3. The van der Waals surface area contributed by atoms with Crippen LogP contribution in [0.25, 0.3) is 0 Å². The van der Waals surface area contributed by atoms with Crippen LogP contribution in [0.1, 0.15) is 50.8 Å². The highest BCUT2D eigenvalue weighted by Crippen LogP contribution is 2.42. The van der Waals surface area contributed by atoms with Crippen LogP contribution < -0.4 is 9.47 Å². The summed E-state index contributed by atoms with van der Waals surface area (Å²) in [6.45, 7) is 1.45. The van der Waals surface area contributed by atoms with Crippen molar-refractivity contribution < 1.29 is 29.0 Å². The predicted molar refractivity (Wildman–Crippen MR) is 93.5 cm³/mol. The van der Waals surface area contributed by atoms with Crippen LogP contribution in [0.4, 0.5) is 0 Å². The summed E-state index contributed by atoms with van der Waals surface area (Å²) in [6, 6.07) is 6.26. The largest absolute Gasteiger partial charge is 0.507 e. The third kappa shape index (κ3) is 2.63. The van der Waals surface area contributed by atoms with Crippen molar-refractivity contribution >= 4 is 17.3 Å². The van der Waals surface area contributed by atoms with Gasteiger partial charge in [0.1, 0.15) is 23.0 Å². The molecule has 2 aromatic carbocycles. The number of phenolic OH excluding ortho intramolecular Hbond substituents is 1. The first-order valence-corrected chi connectivity index (χ1v) is 8.09. The molecule has 0 amide bonds. The molecule has 0 unspecified atom stereocenters. The highest BCUT2D eigenvalue weighted by molar-refractivity contribution is 6.31. The summed E-state index contributed by atoms with van der Waals surface area (Å²) in [5.74, 6) is -0.805. The second-order valence-corrected chi connectivity index (χ2v) is 6.08. The van der Waals surface area contributed by atoms with E-state index < -0.39 is 11.6 Å². The van der Waals surface area contributed by atoms with E-state index in [2.05, 4.69) is 0 Å². The number of phenols is 1. The van der Waals surface area contributed by atoms with Crippen LogP contribution in [-0.4, -0.2) is 36.7 Å². The number of hydrogen-bond acceptors (Lipinski definition) is 6. The van der Waals surface area contributed by atoms with Gasteiger partial charge >= 0.3 is 0 Å². The van der Waals surface area contributed by atoms with Gasteiger partial charge in [-0.3, -0.25) is 9.59 Å². The van der Waals surface area contributed by atoms with Gasteiger partial charge in [0.15, 0.2) is 5.78 Å². The number of carbonyl (C=O) groups is 3. The number of ketones is 3. The van der Waals surface area contributed by atoms with Gasteiger partial charge in [-0.25, -0.2) is 0 Å². The number of benzene rings is 2. The fraction of sp³-hybridized carbons (Fsp3) is 0.250. The molecule has 0 spiro atoms. The van der Waals surface area contributed by atoms with Crippen molar-refractivity contribution in [2.45, 2.75) is 19.8 Å². The summed E-state index contributed by atoms with van der Waals surface area (Å²) in [5.41, 5.74) is 0.632. The molecule has 1 N–H and O–H groups in total. The SMILES string of the molecule is COc1cccc2c1C(=O)c1c(O)c(CCC(C)=O)cc(OC)c1C2=O. The van der Waals surface area contributed by atoms with Crippen LogP contribution in [0.15, 0.2) is 24.3 Å². The van der Waals surface area contributed by atoms with Crippen molar-refractivity contribution in [1.82, 2.24) is 0 Å². The Labute approximate surface area is 150 Å². The minimum absolute atomic E-state index is 0.0299. The zero-order valence-corrected chi connectivity index (χ0v) is 14.7. The summed E-state index contributed by atoms with van der Waals surface area (Å²) in [5, 5.41) is 10.7. The van der Waals surface area contributed by atoms with Gasteiger partial charge in [0.2, 0.25) is 5.78 Å². The number of aryl methyl sites for hydroxylation is 1. The Morgan fingerprint density at radius 2 is 1.69 bits per heavy atom. The summed E-state index contributed by atoms with van der Waals surface area (Å²) in [6.07, 6.45) is 0.447. The molecular weight excluding hydrogens is 336 g/mol. The first-order valence-electron chi connectivity index (χ1n) is 8.09. The number of Topliss-reactive ketones (excluding diaryl/α,β-unsaturated/α-hetero) is 1. The highest BCUT2D eigenvalue weighted by atomic mass is 16.5. The molecule has 0 fully saturated rings. The number of ether oxygens (including phenoxy) is 2. The lowest BCUT2D eigenvalue weighted by Crippen LogP contribution is -2.23. The van der Waals surface area contributed by atoms with Gasteiger partial charge in [-0.05, 0) is 31.0 Å². The molecule has 0 atom stereocenters. The first kappa shape index (κ1) is 17.7. The zero-order valence-electron chi connectivity index (χ0n) is 14.7. The maximum absolute atomic E-state index is 13.1. The highest BCUT2D eigenvalue weighted by Gasteiger charge is 2.37. The second-order valence-electron chi connectivity index (χ2n) is 6.08. The van der Waals surface area contributed by atoms with E-state index in [0.29, 0.717) is 5.56 Å². The molecule has 1 aliphatic rings. The molecule has 0 aromatic heterocycles. The van der Waals surface area contributed by atoms with Crippen LogP contribution in [-0.2, 0) is 11.2 Å². The average Bonchev–Trinajstić information content (AvgIpc) is 2.63. The standard InChI is InChI=1S/C20H18O6/c1-10(21)7-8-11-9-14(26-3)16-17(18(11)22)20(24)15-12(19(16)23)5-4-6-13(15)25-2/h4-6,9,22H,7-8H2,1-3H3. The summed E-state index contributed by atoms with van der Waals surface area (Å²) in [7, 11) is 2.80. The molecule has 2 aromatic rings. The minimum Gasteiger partial charge on any atom is -0.507 e. The van der Waals surface area contributed by atoms with Gasteiger partial charge in [-0.15, -0.1) is 0 Å². The quantitative estimate of drug-likeness (QED) is 0.758. The lowest BCUT2D eigenvalue weighted by atomic mass is 9.81. The Kier molecular flexibility index (Phi) is 4.50. The number of hydrogen-bond donors (Lipinski definition) is 1. The van der Waals surface area contributed by atoms with Crippen molar-refractivity contribution in [3.8, 4) is 17.2 Å². The van der Waals surface area contributed by atoms with E-state index in [4.69, 9.17) is 9.47 Å². The van der Waals surface area contributed by atoms with Crippen LogP contribution in [0.2, 0.25) is 0 Å². The molecule has 0 radical (unpaired) electrons. The molecule has 3 rings (SSSR count). The fourth-order valence-electron chi connectivity index (χ4n) is 3.19. The lowest BCUT2D eigenvalue weighted by Gasteiger charge is -2.23. The van der Waals surface area contributed by atoms with Crippen LogP contribution >= 0.6 is 0 Å². The second kappa shape index (κ2) is 6.63.